The first-order valence-electron chi connectivity index (χ1n) is 5.14. The lowest BCUT2D eigenvalue weighted by molar-refractivity contribution is -0.0501. The molecule has 2 heteroatoms. The highest BCUT2D eigenvalue weighted by Crippen LogP contribution is 2.23. The second kappa shape index (κ2) is 4.58. The predicted octanol–water partition coefficient (Wildman–Crippen LogP) is 2.55. The molecule has 0 saturated carbocycles. The van der Waals surface area contributed by atoms with E-state index in [0.717, 1.165) is 19.6 Å². The van der Waals surface area contributed by atoms with E-state index in [1.165, 1.54) is 5.56 Å². The second-order valence-electron chi connectivity index (χ2n) is 3.72. The van der Waals surface area contributed by atoms with Gasteiger partial charge in [0.15, 0.2) is 6.29 Å². The van der Waals surface area contributed by atoms with Gasteiger partial charge in [-0.25, -0.2) is 0 Å². The van der Waals surface area contributed by atoms with Gasteiger partial charge in [0, 0.05) is 6.42 Å². The average Bonchev–Trinajstić information content (AvgIpc) is 2.72. The summed E-state index contributed by atoms with van der Waals surface area (Å²) in [5.74, 6) is 0.499. The molecule has 1 unspecified atom stereocenters. The van der Waals surface area contributed by atoms with Crippen molar-refractivity contribution in [1.82, 2.24) is 0 Å². The number of hydrogen-bond acceptors (Lipinski definition) is 2. The van der Waals surface area contributed by atoms with E-state index in [2.05, 4.69) is 31.2 Å². The van der Waals surface area contributed by atoms with Gasteiger partial charge in [-0.05, 0) is 11.5 Å². The SMILES string of the molecule is CC(CC1OCCO1)c1ccccc1. The van der Waals surface area contributed by atoms with Gasteiger partial charge in [0.2, 0.25) is 0 Å². The maximum atomic E-state index is 5.42. The van der Waals surface area contributed by atoms with Crippen molar-refractivity contribution >= 4 is 0 Å². The molecule has 1 aliphatic rings. The van der Waals surface area contributed by atoms with Gasteiger partial charge in [-0.15, -0.1) is 0 Å². The Labute approximate surface area is 84.8 Å². The van der Waals surface area contributed by atoms with E-state index in [9.17, 15) is 0 Å². The van der Waals surface area contributed by atoms with Gasteiger partial charge in [0.25, 0.3) is 0 Å². The minimum Gasteiger partial charge on any atom is -0.350 e. The van der Waals surface area contributed by atoms with Crippen LogP contribution in [0.5, 0.6) is 0 Å². The molecule has 1 aromatic rings. The summed E-state index contributed by atoms with van der Waals surface area (Å²) >= 11 is 0. The molecule has 1 atom stereocenters. The van der Waals surface area contributed by atoms with Gasteiger partial charge in [0.1, 0.15) is 0 Å². The Kier molecular flexibility index (Phi) is 3.17. The minimum absolute atomic E-state index is 0.00482. The molecule has 1 fully saturated rings. The standard InChI is InChI=1S/C12H16O2/c1-10(9-12-13-7-8-14-12)11-5-3-2-4-6-11/h2-6,10,12H,7-9H2,1H3. The lowest BCUT2D eigenvalue weighted by Gasteiger charge is -2.15. The summed E-state index contributed by atoms with van der Waals surface area (Å²) in [7, 11) is 0. The van der Waals surface area contributed by atoms with Crippen LogP contribution in [0.3, 0.4) is 0 Å². The van der Waals surface area contributed by atoms with Crippen LogP contribution in [-0.2, 0) is 9.47 Å². The van der Waals surface area contributed by atoms with E-state index in [-0.39, 0.29) is 6.29 Å². The molecule has 1 saturated heterocycles. The highest BCUT2D eigenvalue weighted by atomic mass is 16.7. The van der Waals surface area contributed by atoms with Crippen LogP contribution >= 0.6 is 0 Å². The van der Waals surface area contributed by atoms with Gasteiger partial charge in [0.05, 0.1) is 13.2 Å². The number of ether oxygens (including phenoxy) is 2. The highest BCUT2D eigenvalue weighted by Gasteiger charge is 2.19. The van der Waals surface area contributed by atoms with Crippen LogP contribution in [0.1, 0.15) is 24.8 Å². The fourth-order valence-corrected chi connectivity index (χ4v) is 1.75. The molecule has 0 N–H and O–H groups in total. The van der Waals surface area contributed by atoms with Gasteiger partial charge in [-0.3, -0.25) is 0 Å². The fraction of sp³-hybridized carbons (Fsp3) is 0.500. The quantitative estimate of drug-likeness (QED) is 0.732. The predicted molar refractivity (Wildman–Crippen MR) is 55.2 cm³/mol. The van der Waals surface area contributed by atoms with Crippen molar-refractivity contribution in [3.63, 3.8) is 0 Å². The fourth-order valence-electron chi connectivity index (χ4n) is 1.75. The van der Waals surface area contributed by atoms with E-state index >= 15 is 0 Å². The van der Waals surface area contributed by atoms with Crippen LogP contribution in [0.25, 0.3) is 0 Å². The molecule has 0 bridgehead atoms. The molecule has 1 aliphatic heterocycles. The average molecular weight is 192 g/mol. The summed E-state index contributed by atoms with van der Waals surface area (Å²) in [4.78, 5) is 0. The van der Waals surface area contributed by atoms with Crippen LogP contribution in [0.2, 0.25) is 0 Å². The van der Waals surface area contributed by atoms with Crippen molar-refractivity contribution in [2.24, 2.45) is 0 Å². The summed E-state index contributed by atoms with van der Waals surface area (Å²) in [6.07, 6.45) is 0.953. The third kappa shape index (κ3) is 2.34. The Morgan fingerprint density at radius 2 is 1.86 bits per heavy atom. The first kappa shape index (κ1) is 9.69. The van der Waals surface area contributed by atoms with E-state index in [1.807, 2.05) is 6.07 Å². The summed E-state index contributed by atoms with van der Waals surface area (Å²) < 4.78 is 10.8. The van der Waals surface area contributed by atoms with E-state index in [4.69, 9.17) is 9.47 Å². The minimum atomic E-state index is 0.00482. The Hall–Kier alpha value is -0.860. The Morgan fingerprint density at radius 1 is 1.21 bits per heavy atom. The molecule has 0 amide bonds. The van der Waals surface area contributed by atoms with Gasteiger partial charge in [-0.1, -0.05) is 37.3 Å². The van der Waals surface area contributed by atoms with E-state index in [0.29, 0.717) is 5.92 Å². The third-order valence-corrected chi connectivity index (χ3v) is 2.61. The first-order chi connectivity index (χ1) is 6.86. The number of hydrogen-bond donors (Lipinski definition) is 0. The van der Waals surface area contributed by atoms with Crippen LogP contribution in [0.15, 0.2) is 30.3 Å². The zero-order valence-electron chi connectivity index (χ0n) is 8.48. The molecular weight excluding hydrogens is 176 g/mol. The number of benzene rings is 1. The molecular formula is C12H16O2. The third-order valence-electron chi connectivity index (χ3n) is 2.61. The topological polar surface area (TPSA) is 18.5 Å². The van der Waals surface area contributed by atoms with E-state index < -0.39 is 0 Å². The van der Waals surface area contributed by atoms with Crippen molar-refractivity contribution in [1.29, 1.82) is 0 Å². The van der Waals surface area contributed by atoms with Gasteiger partial charge >= 0.3 is 0 Å². The summed E-state index contributed by atoms with van der Waals surface area (Å²) in [6, 6.07) is 10.5. The Balaban J connectivity index is 1.92. The zero-order chi connectivity index (χ0) is 9.80. The summed E-state index contributed by atoms with van der Waals surface area (Å²) in [5.41, 5.74) is 1.35. The lowest BCUT2D eigenvalue weighted by atomic mass is 9.98. The smallest absolute Gasteiger partial charge is 0.158 e. The maximum absolute atomic E-state index is 5.42. The Bertz CT molecular complexity index is 265. The lowest BCUT2D eigenvalue weighted by Crippen LogP contribution is -2.11. The molecule has 1 aromatic carbocycles. The highest BCUT2D eigenvalue weighted by molar-refractivity contribution is 5.18. The maximum Gasteiger partial charge on any atom is 0.158 e. The normalized spacial score (nSPS) is 19.8. The van der Waals surface area contributed by atoms with Crippen molar-refractivity contribution in [3.05, 3.63) is 35.9 Å². The Morgan fingerprint density at radius 3 is 2.50 bits per heavy atom. The molecule has 0 spiro atoms. The second-order valence-corrected chi connectivity index (χ2v) is 3.72. The summed E-state index contributed by atoms with van der Waals surface area (Å²) in [6.45, 7) is 3.69. The van der Waals surface area contributed by atoms with Crippen molar-refractivity contribution in [3.8, 4) is 0 Å². The van der Waals surface area contributed by atoms with Crippen molar-refractivity contribution in [2.75, 3.05) is 13.2 Å². The van der Waals surface area contributed by atoms with Crippen molar-refractivity contribution < 1.29 is 9.47 Å². The molecule has 2 rings (SSSR count). The van der Waals surface area contributed by atoms with Crippen LogP contribution in [-0.4, -0.2) is 19.5 Å². The number of rotatable bonds is 3. The summed E-state index contributed by atoms with van der Waals surface area (Å²) in [5, 5.41) is 0. The van der Waals surface area contributed by atoms with Crippen LogP contribution in [0.4, 0.5) is 0 Å². The van der Waals surface area contributed by atoms with Gasteiger partial charge in [-0.2, -0.15) is 0 Å². The zero-order valence-corrected chi connectivity index (χ0v) is 8.48. The molecule has 0 aliphatic carbocycles. The molecule has 2 nitrogen and oxygen atoms in total. The van der Waals surface area contributed by atoms with Gasteiger partial charge < -0.3 is 9.47 Å². The molecule has 1 heterocycles. The van der Waals surface area contributed by atoms with E-state index in [1.54, 1.807) is 0 Å². The van der Waals surface area contributed by atoms with Crippen LogP contribution in [0, 0.1) is 0 Å². The molecule has 14 heavy (non-hydrogen) atoms. The van der Waals surface area contributed by atoms with Crippen molar-refractivity contribution in [2.45, 2.75) is 25.6 Å². The first-order valence-corrected chi connectivity index (χ1v) is 5.14. The molecule has 0 radical (unpaired) electrons. The largest absolute Gasteiger partial charge is 0.350 e. The monoisotopic (exact) mass is 192 g/mol. The molecule has 0 aromatic heterocycles. The van der Waals surface area contributed by atoms with Crippen LogP contribution < -0.4 is 0 Å². The molecule has 76 valence electrons.